The van der Waals surface area contributed by atoms with Gasteiger partial charge in [-0.15, -0.1) is 0 Å². The number of benzene rings is 1. The minimum absolute atomic E-state index is 0.0116. The van der Waals surface area contributed by atoms with Crippen LogP contribution >= 0.6 is 0 Å². The van der Waals surface area contributed by atoms with Gasteiger partial charge in [-0.25, -0.2) is 4.79 Å². The molecule has 1 aromatic carbocycles. The van der Waals surface area contributed by atoms with Gasteiger partial charge >= 0.3 is 5.97 Å². The molecule has 142 valence electrons. The minimum Gasteiger partial charge on any atom is -0.472 e. The highest BCUT2D eigenvalue weighted by Gasteiger charge is 2.28. The largest absolute Gasteiger partial charge is 0.472 e. The maximum Gasteiger partial charge on any atom is 0.337 e. The van der Waals surface area contributed by atoms with E-state index in [0.717, 1.165) is 5.56 Å². The molecule has 2 aromatic rings. The molecule has 0 bridgehead atoms. The molecular weight excluding hydrogens is 348 g/mol. The number of hydrogen-bond acceptors (Lipinski definition) is 5. The molecule has 1 aromatic heterocycles. The van der Waals surface area contributed by atoms with Gasteiger partial charge in [-0.05, 0) is 36.6 Å². The molecule has 1 fully saturated rings. The number of piperidine rings is 1. The number of carbonyl (C=O) groups excluding carboxylic acids is 3. The Hall–Kier alpha value is -3.09. The SMILES string of the molecule is COC(=O)c1ccc(CNC(=O)C2CCN(C(=O)c3ccoc3)CC2)cc1. The Morgan fingerprint density at radius 2 is 1.81 bits per heavy atom. The average molecular weight is 370 g/mol. The van der Waals surface area contributed by atoms with E-state index in [4.69, 9.17) is 4.42 Å². The van der Waals surface area contributed by atoms with Gasteiger partial charge in [0.25, 0.3) is 5.91 Å². The zero-order valence-electron chi connectivity index (χ0n) is 15.1. The third-order valence-corrected chi connectivity index (χ3v) is 4.76. The van der Waals surface area contributed by atoms with Crippen molar-refractivity contribution in [3.05, 3.63) is 59.5 Å². The van der Waals surface area contributed by atoms with Gasteiger partial charge < -0.3 is 19.4 Å². The van der Waals surface area contributed by atoms with E-state index in [2.05, 4.69) is 10.1 Å². The molecule has 0 radical (unpaired) electrons. The van der Waals surface area contributed by atoms with Crippen LogP contribution < -0.4 is 5.32 Å². The van der Waals surface area contributed by atoms with Crippen LogP contribution in [0, 0.1) is 5.92 Å². The molecule has 2 heterocycles. The van der Waals surface area contributed by atoms with Crippen molar-refractivity contribution in [3.63, 3.8) is 0 Å². The first-order valence-electron chi connectivity index (χ1n) is 8.85. The minimum atomic E-state index is -0.387. The van der Waals surface area contributed by atoms with Gasteiger partial charge in [-0.3, -0.25) is 9.59 Å². The second-order valence-corrected chi connectivity index (χ2v) is 6.48. The number of nitrogens with one attached hydrogen (secondary N) is 1. The van der Waals surface area contributed by atoms with Crippen LogP contribution in [0.3, 0.4) is 0 Å². The van der Waals surface area contributed by atoms with Crippen LogP contribution in [0.4, 0.5) is 0 Å². The lowest BCUT2D eigenvalue weighted by molar-refractivity contribution is -0.126. The van der Waals surface area contributed by atoms with E-state index >= 15 is 0 Å². The number of furan rings is 1. The smallest absolute Gasteiger partial charge is 0.337 e. The van der Waals surface area contributed by atoms with Gasteiger partial charge in [-0.1, -0.05) is 12.1 Å². The molecule has 0 saturated carbocycles. The van der Waals surface area contributed by atoms with Crippen molar-refractivity contribution >= 4 is 17.8 Å². The zero-order valence-corrected chi connectivity index (χ0v) is 15.1. The molecule has 7 nitrogen and oxygen atoms in total. The first-order valence-corrected chi connectivity index (χ1v) is 8.85. The molecule has 3 rings (SSSR count). The second-order valence-electron chi connectivity index (χ2n) is 6.48. The van der Waals surface area contributed by atoms with Gasteiger partial charge in [0.2, 0.25) is 5.91 Å². The molecule has 1 saturated heterocycles. The number of hydrogen-bond donors (Lipinski definition) is 1. The van der Waals surface area contributed by atoms with E-state index in [9.17, 15) is 14.4 Å². The summed E-state index contributed by atoms with van der Waals surface area (Å²) in [7, 11) is 1.34. The number of ether oxygens (including phenoxy) is 1. The maximum absolute atomic E-state index is 12.4. The monoisotopic (exact) mass is 370 g/mol. The van der Waals surface area contributed by atoms with Crippen LogP contribution in [0.5, 0.6) is 0 Å². The first kappa shape index (κ1) is 18.7. The number of likely N-dealkylation sites (tertiary alicyclic amines) is 1. The molecule has 1 aliphatic rings. The van der Waals surface area contributed by atoms with E-state index in [0.29, 0.717) is 43.6 Å². The van der Waals surface area contributed by atoms with Crippen molar-refractivity contribution < 1.29 is 23.5 Å². The number of amides is 2. The third-order valence-electron chi connectivity index (χ3n) is 4.76. The standard InChI is InChI=1S/C20H22N2O5/c1-26-20(25)16-4-2-14(3-5-16)12-21-18(23)15-6-9-22(10-7-15)19(24)17-8-11-27-13-17/h2-5,8,11,13,15H,6-7,9-10,12H2,1H3,(H,21,23). The lowest BCUT2D eigenvalue weighted by atomic mass is 9.95. The van der Waals surface area contributed by atoms with Crippen LogP contribution in [0.25, 0.3) is 0 Å². The lowest BCUT2D eigenvalue weighted by Crippen LogP contribution is -2.42. The van der Waals surface area contributed by atoms with Gasteiger partial charge in [0, 0.05) is 25.6 Å². The quantitative estimate of drug-likeness (QED) is 0.816. The van der Waals surface area contributed by atoms with Crippen molar-refractivity contribution in [1.82, 2.24) is 10.2 Å². The van der Waals surface area contributed by atoms with Gasteiger partial charge in [0.15, 0.2) is 0 Å². The number of carbonyl (C=O) groups is 3. The number of methoxy groups -OCH3 is 1. The Labute approximate surface area is 157 Å². The van der Waals surface area contributed by atoms with E-state index in [1.807, 2.05) is 0 Å². The van der Waals surface area contributed by atoms with Crippen LogP contribution in [0.15, 0.2) is 47.3 Å². The highest BCUT2D eigenvalue weighted by molar-refractivity contribution is 5.94. The number of nitrogens with zero attached hydrogens (tertiary/aromatic N) is 1. The molecule has 7 heteroatoms. The van der Waals surface area contributed by atoms with E-state index in [1.165, 1.54) is 19.6 Å². The molecule has 0 aliphatic carbocycles. The molecule has 27 heavy (non-hydrogen) atoms. The summed E-state index contributed by atoms with van der Waals surface area (Å²) in [5.41, 5.74) is 1.92. The first-order chi connectivity index (χ1) is 13.1. The summed E-state index contributed by atoms with van der Waals surface area (Å²) in [6, 6.07) is 8.57. The number of esters is 1. The molecule has 0 unspecified atom stereocenters. The fourth-order valence-corrected chi connectivity index (χ4v) is 3.12. The molecule has 1 N–H and O–H groups in total. The summed E-state index contributed by atoms with van der Waals surface area (Å²) in [4.78, 5) is 37.8. The summed E-state index contributed by atoms with van der Waals surface area (Å²) < 4.78 is 9.61. The molecule has 2 amide bonds. The van der Waals surface area contributed by atoms with Gasteiger partial charge in [-0.2, -0.15) is 0 Å². The Balaban J connectivity index is 1.45. The average Bonchev–Trinajstić information content (AvgIpc) is 3.26. The summed E-state index contributed by atoms with van der Waals surface area (Å²) in [6.45, 7) is 1.50. The maximum atomic E-state index is 12.4. The highest BCUT2D eigenvalue weighted by atomic mass is 16.5. The van der Waals surface area contributed by atoms with Crippen LogP contribution in [0.1, 0.15) is 39.1 Å². The fraction of sp³-hybridized carbons (Fsp3) is 0.350. The third kappa shape index (κ3) is 4.55. The predicted molar refractivity (Wildman–Crippen MR) is 97.0 cm³/mol. The van der Waals surface area contributed by atoms with Crippen molar-refractivity contribution in [2.45, 2.75) is 19.4 Å². The second kappa shape index (κ2) is 8.53. The van der Waals surface area contributed by atoms with Crippen molar-refractivity contribution in [1.29, 1.82) is 0 Å². The molecule has 0 spiro atoms. The summed E-state index contributed by atoms with van der Waals surface area (Å²) >= 11 is 0. The summed E-state index contributed by atoms with van der Waals surface area (Å²) in [5.74, 6) is -0.564. The topological polar surface area (TPSA) is 88.9 Å². The van der Waals surface area contributed by atoms with Crippen molar-refractivity contribution in [2.75, 3.05) is 20.2 Å². The van der Waals surface area contributed by atoms with Gasteiger partial charge in [0.05, 0.1) is 24.5 Å². The molecule has 1 aliphatic heterocycles. The Bertz CT molecular complexity index is 790. The normalized spacial score (nSPS) is 14.6. The predicted octanol–water partition coefficient (Wildman–Crippen LogP) is 2.23. The molecule has 0 atom stereocenters. The lowest BCUT2D eigenvalue weighted by Gasteiger charge is -2.31. The Morgan fingerprint density at radius 1 is 1.11 bits per heavy atom. The van der Waals surface area contributed by atoms with Crippen LogP contribution in [-0.4, -0.2) is 42.9 Å². The van der Waals surface area contributed by atoms with Crippen molar-refractivity contribution in [3.8, 4) is 0 Å². The highest BCUT2D eigenvalue weighted by Crippen LogP contribution is 2.19. The van der Waals surface area contributed by atoms with E-state index < -0.39 is 0 Å². The van der Waals surface area contributed by atoms with Gasteiger partial charge in [0.1, 0.15) is 6.26 Å². The Morgan fingerprint density at radius 3 is 2.41 bits per heavy atom. The van der Waals surface area contributed by atoms with Crippen LogP contribution in [0.2, 0.25) is 0 Å². The van der Waals surface area contributed by atoms with E-state index in [1.54, 1.807) is 35.2 Å². The van der Waals surface area contributed by atoms with E-state index in [-0.39, 0.29) is 23.7 Å². The number of rotatable bonds is 5. The fourth-order valence-electron chi connectivity index (χ4n) is 3.12. The zero-order chi connectivity index (χ0) is 19.2. The van der Waals surface area contributed by atoms with Crippen molar-refractivity contribution in [2.24, 2.45) is 5.92 Å². The summed E-state index contributed by atoms with van der Waals surface area (Å²) in [6.07, 6.45) is 4.19. The van der Waals surface area contributed by atoms with Crippen LogP contribution in [-0.2, 0) is 16.1 Å². The molecular formula is C20H22N2O5. The Kier molecular flexibility index (Phi) is 5.90. The summed E-state index contributed by atoms with van der Waals surface area (Å²) in [5, 5.41) is 2.93.